The summed E-state index contributed by atoms with van der Waals surface area (Å²) in [5, 5.41) is 10.9. The minimum atomic E-state index is -0.371. The molecule has 0 radical (unpaired) electrons. The number of aromatic nitrogens is 3. The maximum absolute atomic E-state index is 12.5. The van der Waals surface area contributed by atoms with Crippen molar-refractivity contribution in [2.24, 2.45) is 12.8 Å². The highest BCUT2D eigenvalue weighted by Gasteiger charge is 2.16. The van der Waals surface area contributed by atoms with Crippen molar-refractivity contribution in [3.8, 4) is 5.75 Å². The Kier molecular flexibility index (Phi) is 5.00. The fourth-order valence-electron chi connectivity index (χ4n) is 2.66. The molecule has 1 unspecified atom stereocenters. The Balaban J connectivity index is 1.74. The summed E-state index contributed by atoms with van der Waals surface area (Å²) in [5.74, 6) is 0.478. The SMILES string of the molecule is COc1ccccc1C(N)CNC(=O)c1cc(Br)c2c(c1)nnn2C. The van der Waals surface area contributed by atoms with Crippen LogP contribution in [-0.4, -0.2) is 34.6 Å². The third-order valence-electron chi connectivity index (χ3n) is 3.94. The van der Waals surface area contributed by atoms with Crippen molar-refractivity contribution < 1.29 is 9.53 Å². The second kappa shape index (κ2) is 7.20. The van der Waals surface area contributed by atoms with Crippen molar-refractivity contribution in [1.29, 1.82) is 0 Å². The zero-order valence-corrected chi connectivity index (χ0v) is 15.4. The molecule has 2 aromatic carbocycles. The zero-order valence-electron chi connectivity index (χ0n) is 13.9. The lowest BCUT2D eigenvalue weighted by Gasteiger charge is -2.16. The summed E-state index contributed by atoms with van der Waals surface area (Å²) in [5.41, 5.74) is 9.01. The van der Waals surface area contributed by atoms with Gasteiger partial charge in [0.2, 0.25) is 0 Å². The number of nitrogens with one attached hydrogen (secondary N) is 1. The highest BCUT2D eigenvalue weighted by Crippen LogP contribution is 2.25. The normalized spacial score (nSPS) is 12.2. The highest BCUT2D eigenvalue weighted by atomic mass is 79.9. The van der Waals surface area contributed by atoms with Crippen molar-refractivity contribution in [2.45, 2.75) is 6.04 Å². The summed E-state index contributed by atoms with van der Waals surface area (Å²) < 4.78 is 7.72. The topological polar surface area (TPSA) is 95.1 Å². The van der Waals surface area contributed by atoms with E-state index in [1.54, 1.807) is 31.0 Å². The molecular formula is C17H18BrN5O2. The van der Waals surface area contributed by atoms with Gasteiger partial charge in [0.25, 0.3) is 5.91 Å². The molecule has 3 rings (SSSR count). The van der Waals surface area contributed by atoms with Crippen LogP contribution < -0.4 is 15.8 Å². The van der Waals surface area contributed by atoms with Gasteiger partial charge in [-0.15, -0.1) is 5.10 Å². The minimum absolute atomic E-state index is 0.224. The van der Waals surface area contributed by atoms with Crippen molar-refractivity contribution in [1.82, 2.24) is 20.3 Å². The number of aryl methyl sites for hydroxylation is 1. The highest BCUT2D eigenvalue weighted by molar-refractivity contribution is 9.10. The first-order chi connectivity index (χ1) is 12.0. The first kappa shape index (κ1) is 17.4. The number of rotatable bonds is 5. The number of benzene rings is 2. The van der Waals surface area contributed by atoms with E-state index < -0.39 is 0 Å². The van der Waals surface area contributed by atoms with Gasteiger partial charge in [-0.05, 0) is 34.1 Å². The summed E-state index contributed by atoms with van der Waals surface area (Å²) in [4.78, 5) is 12.5. The van der Waals surface area contributed by atoms with E-state index in [2.05, 4.69) is 31.6 Å². The molecule has 0 aliphatic heterocycles. The first-order valence-corrected chi connectivity index (χ1v) is 8.46. The Labute approximate surface area is 153 Å². The van der Waals surface area contributed by atoms with Crippen LogP contribution in [0.1, 0.15) is 22.0 Å². The van der Waals surface area contributed by atoms with E-state index in [-0.39, 0.29) is 18.5 Å². The second-order valence-electron chi connectivity index (χ2n) is 5.60. The fraction of sp³-hybridized carbons (Fsp3) is 0.235. The van der Waals surface area contributed by atoms with E-state index in [9.17, 15) is 4.79 Å². The number of methoxy groups -OCH3 is 1. The Hall–Kier alpha value is -2.45. The maximum Gasteiger partial charge on any atom is 0.251 e. The molecule has 8 heteroatoms. The number of halogens is 1. The summed E-state index contributed by atoms with van der Waals surface area (Å²) in [6, 6.07) is 10.6. The Morgan fingerprint density at radius 3 is 2.92 bits per heavy atom. The number of carbonyl (C=O) groups is 1. The van der Waals surface area contributed by atoms with Gasteiger partial charge in [0.05, 0.1) is 13.2 Å². The number of nitrogens with two attached hydrogens (primary N) is 1. The lowest BCUT2D eigenvalue weighted by Crippen LogP contribution is -2.32. The Morgan fingerprint density at radius 2 is 2.16 bits per heavy atom. The predicted molar refractivity (Wildman–Crippen MR) is 98.5 cm³/mol. The van der Waals surface area contributed by atoms with Crippen molar-refractivity contribution in [3.63, 3.8) is 0 Å². The Morgan fingerprint density at radius 1 is 1.40 bits per heavy atom. The standard InChI is InChI=1S/C17H18BrN5O2/c1-23-16-12(18)7-10(8-14(16)21-22-23)17(24)20-9-13(19)11-5-3-4-6-15(11)25-2/h3-8,13H,9,19H2,1-2H3,(H,20,24). The van der Waals surface area contributed by atoms with Crippen LogP contribution >= 0.6 is 15.9 Å². The van der Waals surface area contributed by atoms with Crippen molar-refractivity contribution in [3.05, 3.63) is 52.0 Å². The van der Waals surface area contributed by atoms with Crippen LogP contribution in [0.15, 0.2) is 40.9 Å². The first-order valence-electron chi connectivity index (χ1n) is 7.67. The van der Waals surface area contributed by atoms with Crippen molar-refractivity contribution in [2.75, 3.05) is 13.7 Å². The Bertz CT molecular complexity index is 925. The molecule has 1 heterocycles. The number of nitrogens with zero attached hydrogens (tertiary/aromatic N) is 3. The van der Waals surface area contributed by atoms with Crippen LogP contribution in [-0.2, 0) is 7.05 Å². The summed E-state index contributed by atoms with van der Waals surface area (Å²) in [7, 11) is 3.39. The third kappa shape index (κ3) is 3.49. The minimum Gasteiger partial charge on any atom is -0.496 e. The van der Waals surface area contributed by atoms with Gasteiger partial charge in [-0.1, -0.05) is 23.4 Å². The molecule has 0 saturated heterocycles. The van der Waals surface area contributed by atoms with E-state index in [1.165, 1.54) is 0 Å². The number of carbonyl (C=O) groups excluding carboxylic acids is 1. The molecule has 7 nitrogen and oxygen atoms in total. The molecule has 0 bridgehead atoms. The molecule has 0 aliphatic rings. The van der Waals surface area contributed by atoms with Gasteiger partial charge in [-0.25, -0.2) is 4.68 Å². The second-order valence-corrected chi connectivity index (χ2v) is 6.45. The van der Waals surface area contributed by atoms with Gasteiger partial charge in [-0.3, -0.25) is 4.79 Å². The molecule has 130 valence electrons. The van der Waals surface area contributed by atoms with E-state index in [1.807, 2.05) is 24.3 Å². The van der Waals surface area contributed by atoms with Gasteiger partial charge >= 0.3 is 0 Å². The molecule has 1 amide bonds. The number of ether oxygens (including phenoxy) is 1. The lowest BCUT2D eigenvalue weighted by atomic mass is 10.1. The number of fused-ring (bicyclic) bond motifs is 1. The van der Waals surface area contributed by atoms with Crippen LogP contribution in [0.25, 0.3) is 11.0 Å². The van der Waals surface area contributed by atoms with E-state index in [0.29, 0.717) is 16.8 Å². The van der Waals surface area contributed by atoms with Crippen molar-refractivity contribution >= 4 is 32.9 Å². The molecule has 1 atom stereocenters. The van der Waals surface area contributed by atoms with Gasteiger partial charge < -0.3 is 15.8 Å². The van der Waals surface area contributed by atoms with Crippen LogP contribution in [0, 0.1) is 0 Å². The van der Waals surface area contributed by atoms with Gasteiger partial charge in [0.1, 0.15) is 16.8 Å². The number of hydrogen-bond donors (Lipinski definition) is 2. The maximum atomic E-state index is 12.5. The third-order valence-corrected chi connectivity index (χ3v) is 4.54. The number of amides is 1. The van der Waals surface area contributed by atoms with Crippen LogP contribution in [0.2, 0.25) is 0 Å². The molecule has 25 heavy (non-hydrogen) atoms. The molecule has 0 saturated carbocycles. The lowest BCUT2D eigenvalue weighted by molar-refractivity contribution is 0.0951. The van der Waals surface area contributed by atoms with Crippen LogP contribution in [0.3, 0.4) is 0 Å². The number of para-hydroxylation sites is 1. The molecule has 0 spiro atoms. The summed E-state index contributed by atoms with van der Waals surface area (Å²) in [6.45, 7) is 0.287. The van der Waals surface area contributed by atoms with Gasteiger partial charge in [0.15, 0.2) is 0 Å². The van der Waals surface area contributed by atoms with E-state index >= 15 is 0 Å². The van der Waals surface area contributed by atoms with Crippen LogP contribution in [0.5, 0.6) is 5.75 Å². The monoisotopic (exact) mass is 403 g/mol. The van der Waals surface area contributed by atoms with Crippen LogP contribution in [0.4, 0.5) is 0 Å². The molecular weight excluding hydrogens is 386 g/mol. The largest absolute Gasteiger partial charge is 0.496 e. The van der Waals surface area contributed by atoms with E-state index in [4.69, 9.17) is 10.5 Å². The molecule has 3 N–H and O–H groups in total. The smallest absolute Gasteiger partial charge is 0.251 e. The van der Waals surface area contributed by atoms with E-state index in [0.717, 1.165) is 15.6 Å². The predicted octanol–water partition coefficient (Wildman–Crippen LogP) is 2.17. The fourth-order valence-corrected chi connectivity index (χ4v) is 3.37. The molecule has 1 aromatic heterocycles. The summed E-state index contributed by atoms with van der Waals surface area (Å²) in [6.07, 6.45) is 0. The molecule has 0 aliphatic carbocycles. The average molecular weight is 404 g/mol. The van der Waals surface area contributed by atoms with Gasteiger partial charge in [0, 0.05) is 29.2 Å². The molecule has 3 aromatic rings. The van der Waals surface area contributed by atoms with Gasteiger partial charge in [-0.2, -0.15) is 0 Å². The zero-order chi connectivity index (χ0) is 18.0. The number of hydrogen-bond acceptors (Lipinski definition) is 5. The average Bonchev–Trinajstić information content (AvgIpc) is 3.00. The summed E-state index contributed by atoms with van der Waals surface area (Å²) >= 11 is 3.46. The quantitative estimate of drug-likeness (QED) is 0.680. The molecule has 0 fully saturated rings.